The van der Waals surface area contributed by atoms with Gasteiger partial charge in [-0.25, -0.2) is 9.78 Å². The molecule has 0 saturated heterocycles. The maximum atomic E-state index is 12.5. The van der Waals surface area contributed by atoms with Crippen LogP contribution in [0.4, 0.5) is 4.79 Å². The summed E-state index contributed by atoms with van der Waals surface area (Å²) in [4.78, 5) is 34.8. The van der Waals surface area contributed by atoms with E-state index in [0.717, 1.165) is 4.73 Å². The van der Waals surface area contributed by atoms with Crippen LogP contribution in [-0.2, 0) is 0 Å². The van der Waals surface area contributed by atoms with Gasteiger partial charge in [-0.05, 0) is 24.3 Å². The zero-order valence-electron chi connectivity index (χ0n) is 11.3. The molecule has 0 saturated carbocycles. The minimum absolute atomic E-state index is 0.276. The summed E-state index contributed by atoms with van der Waals surface area (Å²) in [6, 6.07) is 6.41. The van der Waals surface area contributed by atoms with Crippen molar-refractivity contribution < 1.29 is 9.63 Å². The van der Waals surface area contributed by atoms with E-state index in [4.69, 9.17) is 16.4 Å². The van der Waals surface area contributed by atoms with E-state index >= 15 is 0 Å². The lowest BCUT2D eigenvalue weighted by Gasteiger charge is -2.14. The van der Waals surface area contributed by atoms with Gasteiger partial charge in [-0.1, -0.05) is 11.6 Å². The minimum atomic E-state index is -0.663. The third kappa shape index (κ3) is 2.02. The average molecular weight is 307 g/mol. The van der Waals surface area contributed by atoms with E-state index < -0.39 is 11.7 Å². The number of carbonyl (C=O) groups excluding carboxylic acids is 1. The van der Waals surface area contributed by atoms with Gasteiger partial charge >= 0.3 is 11.7 Å². The van der Waals surface area contributed by atoms with Gasteiger partial charge < -0.3 is 9.74 Å². The van der Waals surface area contributed by atoms with Crippen LogP contribution in [0.3, 0.4) is 0 Å². The highest BCUT2D eigenvalue weighted by atomic mass is 35.5. The van der Waals surface area contributed by atoms with Crippen molar-refractivity contribution in [1.29, 1.82) is 0 Å². The Labute approximate surface area is 123 Å². The van der Waals surface area contributed by atoms with Crippen LogP contribution in [0.15, 0.2) is 35.3 Å². The lowest BCUT2D eigenvalue weighted by molar-refractivity contribution is 0.108. The summed E-state index contributed by atoms with van der Waals surface area (Å²) in [7, 11) is 3.06. The summed E-state index contributed by atoms with van der Waals surface area (Å²) in [6.07, 6.45) is 0.907. The topological polar surface area (TPSA) is 68.8 Å². The highest BCUT2D eigenvalue weighted by molar-refractivity contribution is 6.30. The molecule has 3 aromatic rings. The second-order valence-corrected chi connectivity index (χ2v) is 4.96. The second-order valence-electron chi connectivity index (χ2n) is 4.57. The van der Waals surface area contributed by atoms with E-state index in [1.807, 2.05) is 0 Å². The first-order chi connectivity index (χ1) is 10.0. The maximum Gasteiger partial charge on any atom is 0.434 e. The van der Waals surface area contributed by atoms with E-state index in [2.05, 4.69) is 4.98 Å². The van der Waals surface area contributed by atoms with Gasteiger partial charge in [-0.3, -0.25) is 9.20 Å². The Bertz CT molecular complexity index is 913. The Hall–Kier alpha value is -2.54. The Morgan fingerprint density at radius 2 is 2.05 bits per heavy atom. The van der Waals surface area contributed by atoms with Crippen molar-refractivity contribution in [3.8, 4) is 0 Å². The van der Waals surface area contributed by atoms with E-state index in [1.54, 1.807) is 30.5 Å². The molecule has 0 spiro atoms. The van der Waals surface area contributed by atoms with Gasteiger partial charge in [-0.15, -0.1) is 4.73 Å². The third-order valence-corrected chi connectivity index (χ3v) is 3.26. The van der Waals surface area contributed by atoms with Crippen LogP contribution in [0.1, 0.15) is 0 Å². The fraction of sp³-hybridized carbons (Fsp3) is 0.154. The summed E-state index contributed by atoms with van der Waals surface area (Å²) < 4.78 is 2.44. The Morgan fingerprint density at radius 3 is 2.76 bits per heavy atom. The van der Waals surface area contributed by atoms with Crippen LogP contribution in [0.2, 0.25) is 5.15 Å². The predicted molar refractivity (Wildman–Crippen MR) is 77.6 cm³/mol. The van der Waals surface area contributed by atoms with Crippen LogP contribution in [0, 0.1) is 0 Å². The van der Waals surface area contributed by atoms with Crippen molar-refractivity contribution in [2.45, 2.75) is 0 Å². The summed E-state index contributed by atoms with van der Waals surface area (Å²) in [6.45, 7) is 0. The molecule has 8 heteroatoms. The molecule has 21 heavy (non-hydrogen) atoms. The molecular formula is C13H11ClN4O3. The number of rotatable bonds is 1. The Morgan fingerprint density at radius 1 is 1.29 bits per heavy atom. The van der Waals surface area contributed by atoms with Crippen molar-refractivity contribution in [2.75, 3.05) is 14.1 Å². The van der Waals surface area contributed by atoms with Gasteiger partial charge in [-0.2, -0.15) is 0 Å². The number of carbonyl (C=O) groups is 1. The molecule has 0 unspecified atom stereocenters. The molecule has 0 bridgehead atoms. The average Bonchev–Trinajstić information content (AvgIpc) is 2.85. The van der Waals surface area contributed by atoms with Crippen molar-refractivity contribution in [3.05, 3.63) is 46.0 Å². The molecule has 0 atom stereocenters. The number of fused-ring (bicyclic) bond motifs is 3. The molecule has 0 fully saturated rings. The van der Waals surface area contributed by atoms with E-state index in [9.17, 15) is 9.59 Å². The van der Waals surface area contributed by atoms with Crippen molar-refractivity contribution in [1.82, 2.24) is 19.0 Å². The molecule has 108 valence electrons. The molecule has 0 aliphatic heterocycles. The van der Waals surface area contributed by atoms with Gasteiger partial charge in [0.1, 0.15) is 16.2 Å². The zero-order valence-corrected chi connectivity index (χ0v) is 12.0. The molecule has 7 nitrogen and oxygen atoms in total. The van der Waals surface area contributed by atoms with Gasteiger partial charge in [0.05, 0.1) is 0 Å². The molecule has 1 amide bonds. The summed E-state index contributed by atoms with van der Waals surface area (Å²) in [5.74, 6) is 0. The number of hydrogen-bond donors (Lipinski definition) is 0. The molecule has 3 rings (SSSR count). The van der Waals surface area contributed by atoms with Crippen LogP contribution in [0.25, 0.3) is 16.7 Å². The minimum Gasteiger partial charge on any atom is -0.313 e. The fourth-order valence-corrected chi connectivity index (χ4v) is 2.21. The van der Waals surface area contributed by atoms with E-state index in [0.29, 0.717) is 16.3 Å². The lowest BCUT2D eigenvalue weighted by atomic mass is 10.4. The Balaban J connectivity index is 2.39. The molecule has 0 aromatic carbocycles. The predicted octanol–water partition coefficient (Wildman–Crippen LogP) is 1.41. The monoisotopic (exact) mass is 306 g/mol. The lowest BCUT2D eigenvalue weighted by Crippen LogP contribution is -2.37. The van der Waals surface area contributed by atoms with Gasteiger partial charge in [0.15, 0.2) is 5.65 Å². The van der Waals surface area contributed by atoms with Crippen molar-refractivity contribution >= 4 is 34.4 Å². The fourth-order valence-electron chi connectivity index (χ4n) is 1.98. The van der Waals surface area contributed by atoms with Crippen LogP contribution in [0.5, 0.6) is 0 Å². The molecule has 0 aliphatic rings. The first-order valence-corrected chi connectivity index (χ1v) is 6.45. The number of halogens is 1. The van der Waals surface area contributed by atoms with Crippen LogP contribution >= 0.6 is 11.6 Å². The molecular weight excluding hydrogens is 296 g/mol. The largest absolute Gasteiger partial charge is 0.434 e. The second kappa shape index (κ2) is 4.78. The first kappa shape index (κ1) is 13.4. The highest BCUT2D eigenvalue weighted by Gasteiger charge is 2.17. The quantitative estimate of drug-likeness (QED) is 0.682. The summed E-state index contributed by atoms with van der Waals surface area (Å²) in [5, 5.41) is 0.358. The molecule has 3 aromatic heterocycles. The van der Waals surface area contributed by atoms with Crippen LogP contribution in [-0.4, -0.2) is 39.2 Å². The SMILES string of the molecule is CN(C)C(=O)On1c(=O)c2ccc(Cl)n2c2ncccc21. The third-order valence-electron chi connectivity index (χ3n) is 2.97. The van der Waals surface area contributed by atoms with Crippen LogP contribution < -0.4 is 10.4 Å². The standard InChI is InChI=1S/C13H11ClN4O3/c1-16(2)13(20)21-18-8-4-3-7-15-11(8)17-9(12(18)19)5-6-10(17)14/h3-7H,1-2H3. The number of amides is 1. The van der Waals surface area contributed by atoms with Crippen molar-refractivity contribution in [3.63, 3.8) is 0 Å². The van der Waals surface area contributed by atoms with Gasteiger partial charge in [0.25, 0.3) is 0 Å². The van der Waals surface area contributed by atoms with Crippen molar-refractivity contribution in [2.24, 2.45) is 0 Å². The molecule has 0 aliphatic carbocycles. The van der Waals surface area contributed by atoms with Gasteiger partial charge in [0.2, 0.25) is 0 Å². The Kier molecular flexibility index (Phi) is 3.06. The molecule has 0 N–H and O–H groups in total. The molecule has 3 heterocycles. The number of aromatic nitrogens is 3. The van der Waals surface area contributed by atoms with Gasteiger partial charge in [0, 0.05) is 20.3 Å². The number of nitrogens with zero attached hydrogens (tertiary/aromatic N) is 4. The number of pyridine rings is 1. The highest BCUT2D eigenvalue weighted by Crippen LogP contribution is 2.18. The zero-order chi connectivity index (χ0) is 15.1. The maximum absolute atomic E-state index is 12.5. The summed E-state index contributed by atoms with van der Waals surface area (Å²) >= 11 is 6.09. The summed E-state index contributed by atoms with van der Waals surface area (Å²) in [5.41, 5.74) is 0.562. The normalized spacial score (nSPS) is 11.0. The van der Waals surface area contributed by atoms with E-state index in [1.165, 1.54) is 23.4 Å². The smallest absolute Gasteiger partial charge is 0.313 e. The van der Waals surface area contributed by atoms with E-state index in [-0.39, 0.29) is 5.52 Å². The number of hydrogen-bond acceptors (Lipinski definition) is 4. The first-order valence-electron chi connectivity index (χ1n) is 6.07. The molecule has 0 radical (unpaired) electrons.